The molecule has 2 aliphatic rings. The van der Waals surface area contributed by atoms with Crippen molar-refractivity contribution < 1.29 is 5.21 Å². The molecule has 1 aliphatic heterocycles. The van der Waals surface area contributed by atoms with Gasteiger partial charge in [0.15, 0.2) is 5.84 Å². The standard InChI is InChI=1S/C14H20N4O/c15-14(17-19)12-6-5-11(9-16-12)18-8-7-10-3-1-2-4-13(10)18/h5-6,9-10,13,19H,1-4,7-8H2,(H2,15,17). The van der Waals surface area contributed by atoms with Crippen LogP contribution in [0.15, 0.2) is 23.5 Å². The van der Waals surface area contributed by atoms with E-state index in [4.69, 9.17) is 10.9 Å². The molecule has 0 aromatic carbocycles. The van der Waals surface area contributed by atoms with Gasteiger partial charge in [-0.3, -0.25) is 4.98 Å². The first kappa shape index (κ1) is 12.3. The second kappa shape index (κ2) is 5.07. The number of hydrogen-bond donors (Lipinski definition) is 2. The molecule has 1 aliphatic carbocycles. The zero-order valence-electron chi connectivity index (χ0n) is 11.0. The summed E-state index contributed by atoms with van der Waals surface area (Å²) >= 11 is 0. The molecule has 5 heteroatoms. The molecule has 0 radical (unpaired) electrons. The predicted molar refractivity (Wildman–Crippen MR) is 74.5 cm³/mol. The van der Waals surface area contributed by atoms with Crippen LogP contribution >= 0.6 is 0 Å². The molecule has 2 atom stereocenters. The van der Waals surface area contributed by atoms with Crippen LogP contribution in [0.4, 0.5) is 5.69 Å². The maximum absolute atomic E-state index is 8.64. The number of nitrogens with zero attached hydrogens (tertiary/aromatic N) is 3. The van der Waals surface area contributed by atoms with Crippen LogP contribution in [0.25, 0.3) is 0 Å². The van der Waals surface area contributed by atoms with Gasteiger partial charge in [-0.05, 0) is 37.3 Å². The lowest BCUT2D eigenvalue weighted by Crippen LogP contribution is -2.34. The SMILES string of the molecule is N/C(=N/O)c1ccc(N2CCC3CCCCC32)cn1. The first-order valence-corrected chi connectivity index (χ1v) is 7.00. The summed E-state index contributed by atoms with van der Waals surface area (Å²) in [5, 5.41) is 11.6. The monoisotopic (exact) mass is 260 g/mol. The molecule has 1 aromatic rings. The van der Waals surface area contributed by atoms with Crippen molar-refractivity contribution >= 4 is 11.5 Å². The van der Waals surface area contributed by atoms with Crippen molar-refractivity contribution in [3.05, 3.63) is 24.0 Å². The summed E-state index contributed by atoms with van der Waals surface area (Å²) in [5.41, 5.74) is 7.20. The van der Waals surface area contributed by atoms with Crippen LogP contribution in [0.2, 0.25) is 0 Å². The highest BCUT2D eigenvalue weighted by Crippen LogP contribution is 2.38. The fourth-order valence-electron chi connectivity index (χ4n) is 3.49. The van der Waals surface area contributed by atoms with Crippen molar-refractivity contribution in [3.63, 3.8) is 0 Å². The molecule has 102 valence electrons. The van der Waals surface area contributed by atoms with Crippen molar-refractivity contribution in [2.75, 3.05) is 11.4 Å². The van der Waals surface area contributed by atoms with Gasteiger partial charge >= 0.3 is 0 Å². The topological polar surface area (TPSA) is 74.7 Å². The minimum absolute atomic E-state index is 0.0588. The van der Waals surface area contributed by atoms with Crippen molar-refractivity contribution in [1.29, 1.82) is 0 Å². The fraction of sp³-hybridized carbons (Fsp3) is 0.571. The first-order chi connectivity index (χ1) is 9.29. The Kier molecular flexibility index (Phi) is 3.27. The van der Waals surface area contributed by atoms with Crippen molar-refractivity contribution in [1.82, 2.24) is 4.98 Å². The number of aromatic nitrogens is 1. The van der Waals surface area contributed by atoms with Gasteiger partial charge in [-0.15, -0.1) is 0 Å². The number of oxime groups is 1. The maximum Gasteiger partial charge on any atom is 0.188 e. The number of hydrogen-bond acceptors (Lipinski definition) is 4. The Balaban J connectivity index is 1.79. The summed E-state index contributed by atoms with van der Waals surface area (Å²) in [5.74, 6) is 0.918. The maximum atomic E-state index is 8.64. The van der Waals surface area contributed by atoms with E-state index in [1.165, 1.54) is 32.1 Å². The summed E-state index contributed by atoms with van der Waals surface area (Å²) in [6.07, 6.45) is 8.53. The highest BCUT2D eigenvalue weighted by molar-refractivity contribution is 5.95. The number of nitrogens with two attached hydrogens (primary N) is 1. The molecular formula is C14H20N4O. The highest BCUT2D eigenvalue weighted by atomic mass is 16.4. The smallest absolute Gasteiger partial charge is 0.188 e. The number of anilines is 1. The molecule has 0 amide bonds. The van der Waals surface area contributed by atoms with E-state index in [9.17, 15) is 0 Å². The second-order valence-electron chi connectivity index (χ2n) is 5.48. The second-order valence-corrected chi connectivity index (χ2v) is 5.48. The first-order valence-electron chi connectivity index (χ1n) is 7.00. The number of pyridine rings is 1. The summed E-state index contributed by atoms with van der Waals surface area (Å²) in [4.78, 5) is 6.75. The van der Waals surface area contributed by atoms with Crippen LogP contribution in [0.1, 0.15) is 37.8 Å². The van der Waals surface area contributed by atoms with Crippen LogP contribution in [0, 0.1) is 5.92 Å². The van der Waals surface area contributed by atoms with Gasteiger partial charge in [-0.1, -0.05) is 18.0 Å². The molecule has 2 unspecified atom stereocenters. The largest absolute Gasteiger partial charge is 0.409 e. The Morgan fingerprint density at radius 1 is 1.32 bits per heavy atom. The normalized spacial score (nSPS) is 27.4. The van der Waals surface area contributed by atoms with Gasteiger partial charge in [0.05, 0.1) is 11.9 Å². The molecule has 0 spiro atoms. The quantitative estimate of drug-likeness (QED) is 0.369. The molecule has 0 bridgehead atoms. The zero-order chi connectivity index (χ0) is 13.2. The lowest BCUT2D eigenvalue weighted by Gasteiger charge is -2.33. The third kappa shape index (κ3) is 2.25. The zero-order valence-corrected chi connectivity index (χ0v) is 11.0. The Labute approximate surface area is 113 Å². The van der Waals surface area contributed by atoms with E-state index < -0.39 is 0 Å². The van der Waals surface area contributed by atoms with Gasteiger partial charge in [-0.2, -0.15) is 0 Å². The Bertz CT molecular complexity index is 471. The van der Waals surface area contributed by atoms with Gasteiger partial charge in [0.2, 0.25) is 0 Å². The van der Waals surface area contributed by atoms with Crippen LogP contribution < -0.4 is 10.6 Å². The van der Waals surface area contributed by atoms with Gasteiger partial charge in [0, 0.05) is 12.6 Å². The molecule has 5 nitrogen and oxygen atoms in total. The average Bonchev–Trinajstić information content (AvgIpc) is 2.90. The molecular weight excluding hydrogens is 240 g/mol. The van der Waals surface area contributed by atoms with Crippen LogP contribution in [0.5, 0.6) is 0 Å². The van der Waals surface area contributed by atoms with Crippen LogP contribution in [-0.2, 0) is 0 Å². The molecule has 1 saturated carbocycles. The molecule has 3 rings (SSSR count). The Hall–Kier alpha value is -1.78. The van der Waals surface area contributed by atoms with Gasteiger partial charge < -0.3 is 15.8 Å². The van der Waals surface area contributed by atoms with E-state index in [1.807, 2.05) is 18.3 Å². The Morgan fingerprint density at radius 2 is 2.16 bits per heavy atom. The molecule has 1 saturated heterocycles. The lowest BCUT2D eigenvalue weighted by atomic mass is 9.85. The van der Waals surface area contributed by atoms with Crippen molar-refractivity contribution in [2.24, 2.45) is 16.8 Å². The summed E-state index contributed by atoms with van der Waals surface area (Å²) in [6.45, 7) is 1.12. The van der Waals surface area contributed by atoms with E-state index in [1.54, 1.807) is 0 Å². The van der Waals surface area contributed by atoms with E-state index in [0.29, 0.717) is 11.7 Å². The molecule has 3 N–H and O–H groups in total. The van der Waals surface area contributed by atoms with E-state index >= 15 is 0 Å². The number of rotatable bonds is 2. The predicted octanol–water partition coefficient (Wildman–Crippen LogP) is 1.95. The minimum Gasteiger partial charge on any atom is -0.409 e. The minimum atomic E-state index is 0.0588. The molecule has 19 heavy (non-hydrogen) atoms. The molecule has 2 heterocycles. The van der Waals surface area contributed by atoms with Crippen molar-refractivity contribution in [3.8, 4) is 0 Å². The van der Waals surface area contributed by atoms with E-state index in [0.717, 1.165) is 18.2 Å². The fourth-order valence-corrected chi connectivity index (χ4v) is 3.49. The van der Waals surface area contributed by atoms with E-state index in [2.05, 4.69) is 15.0 Å². The average molecular weight is 260 g/mol. The van der Waals surface area contributed by atoms with Crippen LogP contribution in [-0.4, -0.2) is 28.6 Å². The van der Waals surface area contributed by atoms with Crippen LogP contribution in [0.3, 0.4) is 0 Å². The number of amidine groups is 1. The number of fused-ring (bicyclic) bond motifs is 1. The van der Waals surface area contributed by atoms with Gasteiger partial charge in [0.25, 0.3) is 0 Å². The third-order valence-electron chi connectivity index (χ3n) is 4.46. The lowest BCUT2D eigenvalue weighted by molar-refractivity contribution is 0.318. The highest BCUT2D eigenvalue weighted by Gasteiger charge is 2.35. The summed E-state index contributed by atoms with van der Waals surface area (Å²) < 4.78 is 0. The summed E-state index contributed by atoms with van der Waals surface area (Å²) in [6, 6.07) is 4.53. The van der Waals surface area contributed by atoms with Gasteiger partial charge in [0.1, 0.15) is 5.69 Å². The van der Waals surface area contributed by atoms with Crippen molar-refractivity contribution in [2.45, 2.75) is 38.1 Å². The third-order valence-corrected chi connectivity index (χ3v) is 4.46. The Morgan fingerprint density at radius 3 is 2.89 bits per heavy atom. The molecule has 2 fully saturated rings. The molecule has 1 aromatic heterocycles. The van der Waals surface area contributed by atoms with Gasteiger partial charge in [-0.25, -0.2) is 0 Å². The van der Waals surface area contributed by atoms with E-state index in [-0.39, 0.29) is 5.84 Å². The summed E-state index contributed by atoms with van der Waals surface area (Å²) in [7, 11) is 0.